The van der Waals surface area contributed by atoms with Crippen LogP contribution in [0.1, 0.15) is 75.9 Å². The molecule has 1 aliphatic rings. The number of halogens is 1. The summed E-state index contributed by atoms with van der Waals surface area (Å²) in [4.78, 5) is 25.9. The number of anilines is 1. The van der Waals surface area contributed by atoms with Gasteiger partial charge in [0.2, 0.25) is 5.91 Å². The number of benzene rings is 2. The highest BCUT2D eigenvalue weighted by Gasteiger charge is 2.41. The molecule has 0 saturated heterocycles. The minimum absolute atomic E-state index is 0.109. The molecular formula is C28H34FNO3. The summed E-state index contributed by atoms with van der Waals surface area (Å²) in [6.45, 7) is 12.6. The number of carboxylic acid groups (broad SMARTS) is 1. The lowest BCUT2D eigenvalue weighted by atomic mass is 9.68. The number of hydrogen-bond acceptors (Lipinski definition) is 2. The van der Waals surface area contributed by atoms with Gasteiger partial charge in [-0.2, -0.15) is 0 Å². The van der Waals surface area contributed by atoms with E-state index in [9.17, 15) is 9.59 Å². The smallest absolute Gasteiger partial charge is 0.335 e. The normalized spacial score (nSPS) is 19.1. The van der Waals surface area contributed by atoms with E-state index in [1.54, 1.807) is 23.1 Å². The van der Waals surface area contributed by atoms with Crippen molar-refractivity contribution in [3.8, 4) is 0 Å². The molecule has 5 heteroatoms. The van der Waals surface area contributed by atoms with Gasteiger partial charge in [-0.15, -0.1) is 0 Å². The first kappa shape index (κ1) is 24.7. The Balaban J connectivity index is 1.97. The number of allylic oxidation sites excluding steroid dienone is 1. The van der Waals surface area contributed by atoms with E-state index < -0.39 is 11.4 Å². The lowest BCUT2D eigenvalue weighted by Crippen LogP contribution is -2.42. The molecule has 2 aromatic rings. The summed E-state index contributed by atoms with van der Waals surface area (Å²) in [5, 5.41) is 9.14. The summed E-state index contributed by atoms with van der Waals surface area (Å²) >= 11 is 0. The molecule has 0 saturated carbocycles. The topological polar surface area (TPSA) is 57.6 Å². The van der Waals surface area contributed by atoms with E-state index in [-0.39, 0.29) is 35.0 Å². The highest BCUT2D eigenvalue weighted by molar-refractivity contribution is 5.98. The second-order valence-corrected chi connectivity index (χ2v) is 10.7. The third-order valence-corrected chi connectivity index (χ3v) is 6.53. The summed E-state index contributed by atoms with van der Waals surface area (Å²) in [5.74, 6) is -1.21. The number of nitrogens with zero attached hydrogens (tertiary/aromatic N) is 1. The van der Waals surface area contributed by atoms with Crippen molar-refractivity contribution >= 4 is 17.6 Å². The van der Waals surface area contributed by atoms with Crippen LogP contribution >= 0.6 is 0 Å². The van der Waals surface area contributed by atoms with Crippen molar-refractivity contribution < 1.29 is 19.1 Å². The van der Waals surface area contributed by atoms with Crippen LogP contribution < -0.4 is 4.90 Å². The molecule has 0 aromatic heterocycles. The number of carboxylic acids is 1. The molecule has 0 fully saturated rings. The molecular weight excluding hydrogens is 417 g/mol. The standard InChI is InChI=1S/C28H34FNO3/c1-18(2)23-17-30(22-11-8-20(9-12-22)26(32)33)25(31)16-28(23,6)21-10-7-19(24(29)15-21)13-14-27(3,4)5/h7-12,15,17-18H,13-14,16H2,1-6H3,(H,32,33)/t28-/m0/s1. The minimum Gasteiger partial charge on any atom is -0.478 e. The molecule has 1 heterocycles. The van der Waals surface area contributed by atoms with Crippen LogP contribution in [-0.4, -0.2) is 17.0 Å². The molecule has 1 amide bonds. The quantitative estimate of drug-likeness (QED) is 0.529. The van der Waals surface area contributed by atoms with Gasteiger partial charge < -0.3 is 5.11 Å². The number of amides is 1. The molecule has 176 valence electrons. The van der Waals surface area contributed by atoms with E-state index in [0.717, 1.165) is 17.6 Å². The Morgan fingerprint density at radius 1 is 1.15 bits per heavy atom. The maximum absolute atomic E-state index is 15.1. The third-order valence-electron chi connectivity index (χ3n) is 6.53. The van der Waals surface area contributed by atoms with Crippen molar-refractivity contribution in [1.82, 2.24) is 0 Å². The van der Waals surface area contributed by atoms with Gasteiger partial charge in [0, 0.05) is 23.7 Å². The van der Waals surface area contributed by atoms with Crippen molar-refractivity contribution in [2.45, 2.75) is 66.2 Å². The molecule has 2 aromatic carbocycles. The molecule has 1 N–H and O–H groups in total. The average Bonchev–Trinajstić information content (AvgIpc) is 2.72. The zero-order chi connectivity index (χ0) is 24.6. The van der Waals surface area contributed by atoms with Crippen LogP contribution in [0.4, 0.5) is 10.1 Å². The van der Waals surface area contributed by atoms with E-state index in [4.69, 9.17) is 5.11 Å². The summed E-state index contributed by atoms with van der Waals surface area (Å²) < 4.78 is 15.1. The lowest BCUT2D eigenvalue weighted by Gasteiger charge is -2.41. The Labute approximate surface area is 196 Å². The molecule has 0 spiro atoms. The number of aryl methyl sites for hydroxylation is 1. The van der Waals surface area contributed by atoms with Gasteiger partial charge in [0.15, 0.2) is 0 Å². The van der Waals surface area contributed by atoms with Crippen LogP contribution in [0.15, 0.2) is 54.2 Å². The molecule has 0 aliphatic carbocycles. The van der Waals surface area contributed by atoms with Gasteiger partial charge >= 0.3 is 5.97 Å². The van der Waals surface area contributed by atoms with Gasteiger partial charge in [0.1, 0.15) is 5.82 Å². The van der Waals surface area contributed by atoms with Crippen LogP contribution in [0, 0.1) is 17.2 Å². The third kappa shape index (κ3) is 5.35. The Morgan fingerprint density at radius 2 is 1.79 bits per heavy atom. The van der Waals surface area contributed by atoms with Gasteiger partial charge in [-0.3, -0.25) is 9.69 Å². The second kappa shape index (κ2) is 9.12. The molecule has 3 rings (SSSR count). The van der Waals surface area contributed by atoms with E-state index in [0.29, 0.717) is 17.7 Å². The van der Waals surface area contributed by atoms with E-state index in [1.165, 1.54) is 12.1 Å². The van der Waals surface area contributed by atoms with Crippen LogP contribution in [0.25, 0.3) is 0 Å². The molecule has 0 unspecified atom stereocenters. The zero-order valence-corrected chi connectivity index (χ0v) is 20.4. The van der Waals surface area contributed by atoms with Crippen molar-refractivity contribution in [3.05, 3.63) is 76.7 Å². The van der Waals surface area contributed by atoms with Crippen molar-refractivity contribution in [2.75, 3.05) is 4.90 Å². The average molecular weight is 452 g/mol. The Morgan fingerprint density at radius 3 is 2.30 bits per heavy atom. The Bertz CT molecular complexity index is 1080. The van der Waals surface area contributed by atoms with Crippen LogP contribution in [0.5, 0.6) is 0 Å². The summed E-state index contributed by atoms with van der Waals surface area (Å²) in [7, 11) is 0. The SMILES string of the molecule is CC(C)C1=CN(c2ccc(C(=O)O)cc2)C(=O)C[C@@]1(C)c1ccc(CCC(C)(C)C)c(F)c1. The summed E-state index contributed by atoms with van der Waals surface area (Å²) in [5.41, 5.74) is 2.84. The fourth-order valence-electron chi connectivity index (χ4n) is 4.48. The highest BCUT2D eigenvalue weighted by Crippen LogP contribution is 2.44. The first-order chi connectivity index (χ1) is 15.3. The van der Waals surface area contributed by atoms with E-state index >= 15 is 4.39 Å². The fraction of sp³-hybridized carbons (Fsp3) is 0.429. The molecule has 1 atom stereocenters. The van der Waals surface area contributed by atoms with Gasteiger partial charge in [-0.05, 0) is 71.2 Å². The van der Waals surface area contributed by atoms with Crippen LogP contribution in [0.2, 0.25) is 0 Å². The van der Waals surface area contributed by atoms with E-state index in [1.807, 2.05) is 25.3 Å². The summed E-state index contributed by atoms with van der Waals surface area (Å²) in [6.07, 6.45) is 3.63. The largest absolute Gasteiger partial charge is 0.478 e. The van der Waals surface area contributed by atoms with Crippen LogP contribution in [-0.2, 0) is 16.6 Å². The van der Waals surface area contributed by atoms with Gasteiger partial charge in [0.25, 0.3) is 0 Å². The maximum atomic E-state index is 15.1. The van der Waals surface area contributed by atoms with Gasteiger partial charge in [-0.1, -0.05) is 53.7 Å². The minimum atomic E-state index is -1.01. The summed E-state index contributed by atoms with van der Waals surface area (Å²) in [6, 6.07) is 11.7. The predicted octanol–water partition coefficient (Wildman–Crippen LogP) is 6.74. The lowest BCUT2D eigenvalue weighted by molar-refractivity contribution is -0.119. The zero-order valence-electron chi connectivity index (χ0n) is 20.4. The molecule has 1 aliphatic heterocycles. The van der Waals surface area contributed by atoms with E-state index in [2.05, 4.69) is 34.6 Å². The number of aromatic carboxylic acids is 1. The highest BCUT2D eigenvalue weighted by atomic mass is 19.1. The first-order valence-corrected chi connectivity index (χ1v) is 11.5. The molecule has 0 radical (unpaired) electrons. The van der Waals surface area contributed by atoms with Crippen LogP contribution in [0.3, 0.4) is 0 Å². The van der Waals surface area contributed by atoms with Crippen molar-refractivity contribution in [3.63, 3.8) is 0 Å². The molecule has 0 bridgehead atoms. The fourth-order valence-corrected chi connectivity index (χ4v) is 4.48. The number of carbonyl (C=O) groups excluding carboxylic acids is 1. The van der Waals surface area contributed by atoms with Gasteiger partial charge in [0.05, 0.1) is 5.56 Å². The van der Waals surface area contributed by atoms with Crippen molar-refractivity contribution in [2.24, 2.45) is 11.3 Å². The number of rotatable bonds is 6. The number of hydrogen-bond donors (Lipinski definition) is 1. The molecule has 4 nitrogen and oxygen atoms in total. The number of carbonyl (C=O) groups is 2. The first-order valence-electron chi connectivity index (χ1n) is 11.5. The van der Waals surface area contributed by atoms with Gasteiger partial charge in [-0.25, -0.2) is 9.18 Å². The monoisotopic (exact) mass is 451 g/mol. The second-order valence-electron chi connectivity index (χ2n) is 10.7. The maximum Gasteiger partial charge on any atom is 0.335 e. The molecule has 33 heavy (non-hydrogen) atoms. The Hall–Kier alpha value is -2.95. The van der Waals surface area contributed by atoms with Crippen molar-refractivity contribution in [1.29, 1.82) is 0 Å². The Kier molecular flexibility index (Phi) is 6.83. The predicted molar refractivity (Wildman–Crippen MR) is 130 cm³/mol.